The first-order chi connectivity index (χ1) is 9.74. The topological polar surface area (TPSA) is 85.8 Å². The van der Waals surface area contributed by atoms with Gasteiger partial charge in [-0.05, 0) is 30.7 Å². The summed E-state index contributed by atoms with van der Waals surface area (Å²) in [4.78, 5) is 15.7. The summed E-state index contributed by atoms with van der Waals surface area (Å²) in [5.74, 6) is 0.445. The van der Waals surface area contributed by atoms with Crippen molar-refractivity contribution in [1.82, 2.24) is 19.7 Å². The monoisotopic (exact) mass is 269 g/mol. The SMILES string of the molecule is Cc1cc(-c2nnco2)ccc1NC(=O)n1ccnc1. The number of amides is 1. The van der Waals surface area contributed by atoms with Gasteiger partial charge in [0.05, 0.1) is 0 Å². The van der Waals surface area contributed by atoms with Crippen molar-refractivity contribution in [2.24, 2.45) is 0 Å². The number of aromatic nitrogens is 4. The molecule has 0 aliphatic heterocycles. The number of anilines is 1. The van der Waals surface area contributed by atoms with E-state index in [1.165, 1.54) is 17.3 Å². The van der Waals surface area contributed by atoms with E-state index >= 15 is 0 Å². The standard InChI is InChI=1S/C13H11N5O2/c1-9-6-10(12-17-15-8-20-12)2-3-11(9)16-13(19)18-5-4-14-7-18/h2-8H,1H3,(H,16,19). The Labute approximate surface area is 114 Å². The largest absolute Gasteiger partial charge is 0.423 e. The number of nitrogens with zero attached hydrogens (tertiary/aromatic N) is 4. The highest BCUT2D eigenvalue weighted by molar-refractivity contribution is 5.91. The van der Waals surface area contributed by atoms with E-state index in [2.05, 4.69) is 20.5 Å². The number of carbonyl (C=O) groups is 1. The number of imidazole rings is 1. The van der Waals surface area contributed by atoms with Crippen LogP contribution >= 0.6 is 0 Å². The summed E-state index contributed by atoms with van der Waals surface area (Å²) in [7, 11) is 0. The first-order valence-corrected chi connectivity index (χ1v) is 5.90. The summed E-state index contributed by atoms with van der Waals surface area (Å²) in [5, 5.41) is 10.3. The number of rotatable bonds is 2. The molecular formula is C13H11N5O2. The fraction of sp³-hybridized carbons (Fsp3) is 0.0769. The van der Waals surface area contributed by atoms with Crippen LogP contribution < -0.4 is 5.32 Å². The van der Waals surface area contributed by atoms with Crippen molar-refractivity contribution in [2.45, 2.75) is 6.92 Å². The first kappa shape index (κ1) is 12.1. The zero-order chi connectivity index (χ0) is 13.9. The second kappa shape index (κ2) is 4.96. The van der Waals surface area contributed by atoms with E-state index in [1.807, 2.05) is 19.1 Å². The molecule has 1 aromatic carbocycles. The number of nitrogens with one attached hydrogen (secondary N) is 1. The van der Waals surface area contributed by atoms with Crippen LogP contribution in [-0.4, -0.2) is 25.8 Å². The van der Waals surface area contributed by atoms with Gasteiger partial charge in [0.2, 0.25) is 12.3 Å². The molecule has 7 nitrogen and oxygen atoms in total. The molecule has 0 atom stereocenters. The number of carbonyl (C=O) groups excluding carboxylic acids is 1. The van der Waals surface area contributed by atoms with Gasteiger partial charge in [-0.2, -0.15) is 0 Å². The molecule has 0 unspecified atom stereocenters. The lowest BCUT2D eigenvalue weighted by molar-refractivity contribution is 0.253. The molecule has 1 amide bonds. The van der Waals surface area contributed by atoms with Crippen LogP contribution in [0.2, 0.25) is 0 Å². The maximum atomic E-state index is 11.9. The Bertz CT molecular complexity index is 719. The Morgan fingerprint density at radius 1 is 1.40 bits per heavy atom. The van der Waals surface area contributed by atoms with E-state index in [0.717, 1.165) is 11.1 Å². The van der Waals surface area contributed by atoms with Crippen LogP contribution in [0.1, 0.15) is 5.56 Å². The number of hydrogen-bond acceptors (Lipinski definition) is 5. The molecule has 0 radical (unpaired) electrons. The van der Waals surface area contributed by atoms with E-state index in [9.17, 15) is 4.79 Å². The summed E-state index contributed by atoms with van der Waals surface area (Å²) in [6, 6.07) is 5.21. The predicted molar refractivity (Wildman–Crippen MR) is 71.1 cm³/mol. The third-order valence-electron chi connectivity index (χ3n) is 2.81. The molecule has 0 saturated heterocycles. The molecule has 0 spiro atoms. The molecule has 3 rings (SSSR count). The lowest BCUT2D eigenvalue weighted by atomic mass is 10.1. The summed E-state index contributed by atoms with van der Waals surface area (Å²) in [6.45, 7) is 1.89. The van der Waals surface area contributed by atoms with Crippen molar-refractivity contribution in [2.75, 3.05) is 5.32 Å². The molecule has 1 N–H and O–H groups in total. The van der Waals surface area contributed by atoms with Crippen molar-refractivity contribution in [1.29, 1.82) is 0 Å². The maximum absolute atomic E-state index is 11.9. The Balaban J connectivity index is 1.83. The van der Waals surface area contributed by atoms with Crippen molar-refractivity contribution >= 4 is 11.7 Å². The number of hydrogen-bond donors (Lipinski definition) is 1. The average molecular weight is 269 g/mol. The Morgan fingerprint density at radius 2 is 2.30 bits per heavy atom. The third-order valence-corrected chi connectivity index (χ3v) is 2.81. The zero-order valence-corrected chi connectivity index (χ0v) is 10.6. The molecule has 2 heterocycles. The van der Waals surface area contributed by atoms with Crippen LogP contribution in [0.25, 0.3) is 11.5 Å². The molecule has 0 fully saturated rings. The van der Waals surface area contributed by atoms with E-state index < -0.39 is 0 Å². The molecule has 100 valence electrons. The second-order valence-electron chi connectivity index (χ2n) is 4.17. The van der Waals surface area contributed by atoms with Gasteiger partial charge in [0, 0.05) is 23.6 Å². The maximum Gasteiger partial charge on any atom is 0.331 e. The van der Waals surface area contributed by atoms with Gasteiger partial charge in [-0.25, -0.2) is 9.78 Å². The highest BCUT2D eigenvalue weighted by Gasteiger charge is 2.09. The lowest BCUT2D eigenvalue weighted by Crippen LogP contribution is -2.18. The van der Waals surface area contributed by atoms with Gasteiger partial charge >= 0.3 is 6.03 Å². The molecule has 0 bridgehead atoms. The van der Waals surface area contributed by atoms with Crippen LogP contribution in [0.3, 0.4) is 0 Å². The summed E-state index contributed by atoms with van der Waals surface area (Å²) in [5.41, 5.74) is 2.42. The molecule has 3 aromatic rings. The third kappa shape index (κ3) is 2.28. The minimum atomic E-state index is -0.267. The highest BCUT2D eigenvalue weighted by Crippen LogP contribution is 2.23. The van der Waals surface area contributed by atoms with Gasteiger partial charge in [-0.3, -0.25) is 4.57 Å². The highest BCUT2D eigenvalue weighted by atomic mass is 16.4. The summed E-state index contributed by atoms with van der Waals surface area (Å²) in [6.07, 6.45) is 5.85. The number of benzene rings is 1. The van der Waals surface area contributed by atoms with Crippen molar-refractivity contribution < 1.29 is 9.21 Å². The van der Waals surface area contributed by atoms with Gasteiger partial charge in [0.1, 0.15) is 6.33 Å². The smallest absolute Gasteiger partial charge is 0.331 e. The number of aryl methyl sites for hydroxylation is 1. The van der Waals surface area contributed by atoms with Crippen molar-refractivity contribution in [3.05, 3.63) is 48.9 Å². The van der Waals surface area contributed by atoms with Gasteiger partial charge in [-0.15, -0.1) is 10.2 Å². The van der Waals surface area contributed by atoms with Crippen LogP contribution in [0.5, 0.6) is 0 Å². The van der Waals surface area contributed by atoms with E-state index in [0.29, 0.717) is 11.6 Å². The molecule has 0 saturated carbocycles. The fourth-order valence-electron chi connectivity index (χ4n) is 1.79. The van der Waals surface area contributed by atoms with Gasteiger partial charge in [0.25, 0.3) is 0 Å². The molecule has 20 heavy (non-hydrogen) atoms. The van der Waals surface area contributed by atoms with Gasteiger partial charge < -0.3 is 9.73 Å². The van der Waals surface area contributed by atoms with Crippen LogP contribution in [0.4, 0.5) is 10.5 Å². The Kier molecular flexibility index (Phi) is 3.00. The average Bonchev–Trinajstić information content (AvgIpc) is 3.14. The Morgan fingerprint density at radius 3 is 2.95 bits per heavy atom. The molecule has 2 aromatic heterocycles. The minimum absolute atomic E-state index is 0.267. The van der Waals surface area contributed by atoms with Crippen LogP contribution in [0.15, 0.2) is 47.7 Å². The summed E-state index contributed by atoms with van der Waals surface area (Å²) >= 11 is 0. The molecule has 0 aliphatic rings. The van der Waals surface area contributed by atoms with Crippen LogP contribution in [0, 0.1) is 6.92 Å². The van der Waals surface area contributed by atoms with E-state index in [-0.39, 0.29) is 6.03 Å². The fourth-order valence-corrected chi connectivity index (χ4v) is 1.79. The Hall–Kier alpha value is -2.96. The van der Waals surface area contributed by atoms with Crippen molar-refractivity contribution in [3.63, 3.8) is 0 Å². The summed E-state index contributed by atoms with van der Waals surface area (Å²) < 4.78 is 6.50. The second-order valence-corrected chi connectivity index (χ2v) is 4.17. The quantitative estimate of drug-likeness (QED) is 0.771. The first-order valence-electron chi connectivity index (χ1n) is 5.90. The molecule has 0 aliphatic carbocycles. The van der Waals surface area contributed by atoms with E-state index in [4.69, 9.17) is 4.42 Å². The van der Waals surface area contributed by atoms with Gasteiger partial charge in [0.15, 0.2) is 0 Å². The van der Waals surface area contributed by atoms with Gasteiger partial charge in [-0.1, -0.05) is 0 Å². The minimum Gasteiger partial charge on any atom is -0.423 e. The normalized spacial score (nSPS) is 10.4. The van der Waals surface area contributed by atoms with Crippen molar-refractivity contribution in [3.8, 4) is 11.5 Å². The van der Waals surface area contributed by atoms with E-state index in [1.54, 1.807) is 18.5 Å². The van der Waals surface area contributed by atoms with Crippen LogP contribution in [-0.2, 0) is 0 Å². The predicted octanol–water partition coefficient (Wildman–Crippen LogP) is 2.32. The molecule has 7 heteroatoms. The lowest BCUT2D eigenvalue weighted by Gasteiger charge is -2.09. The molecular weight excluding hydrogens is 258 g/mol. The zero-order valence-electron chi connectivity index (χ0n) is 10.6.